The second-order valence-corrected chi connectivity index (χ2v) is 9.00. The van der Waals surface area contributed by atoms with Gasteiger partial charge in [0.25, 0.3) is 0 Å². The number of piperidine rings is 1. The first-order chi connectivity index (χ1) is 14.6. The third-order valence-corrected chi connectivity index (χ3v) is 7.29. The van der Waals surface area contributed by atoms with Crippen LogP contribution < -0.4 is 9.64 Å². The zero-order chi connectivity index (χ0) is 20.7. The number of aromatic nitrogens is 1. The molecule has 2 aliphatic heterocycles. The summed E-state index contributed by atoms with van der Waals surface area (Å²) >= 11 is 1.52. The van der Waals surface area contributed by atoms with Gasteiger partial charge in [-0.05, 0) is 54.7 Å². The molecule has 3 heterocycles. The fraction of sp³-hybridized carbons (Fsp3) is 0.391. The zero-order valence-corrected chi connectivity index (χ0v) is 17.8. The van der Waals surface area contributed by atoms with E-state index in [2.05, 4.69) is 22.0 Å². The molecule has 3 aromatic rings. The average molecular weight is 426 g/mol. The van der Waals surface area contributed by atoms with Crippen molar-refractivity contribution >= 4 is 32.6 Å². The summed E-state index contributed by atoms with van der Waals surface area (Å²) in [6, 6.07) is 11.2. The number of amides is 1. The molecule has 0 bridgehead atoms. The first-order valence-corrected chi connectivity index (χ1v) is 11.2. The molecular weight excluding hydrogens is 401 g/mol. The average Bonchev–Trinajstić information content (AvgIpc) is 3.24. The number of methoxy groups -OCH3 is 1. The van der Waals surface area contributed by atoms with Crippen LogP contribution in [0.1, 0.15) is 24.0 Å². The number of nitrogens with zero attached hydrogens (tertiary/aromatic N) is 3. The molecule has 0 saturated carbocycles. The van der Waals surface area contributed by atoms with Crippen LogP contribution in [0, 0.1) is 11.7 Å². The maximum atomic E-state index is 14.0. The Morgan fingerprint density at radius 1 is 1.17 bits per heavy atom. The molecule has 1 fully saturated rings. The van der Waals surface area contributed by atoms with Crippen LogP contribution in [0.3, 0.4) is 0 Å². The third-order valence-electron chi connectivity index (χ3n) is 6.21. The monoisotopic (exact) mass is 425 g/mol. The number of ether oxygens (including phenoxy) is 1. The number of anilines is 1. The standard InChI is InChI=1S/C23H24FN3O2S/c1-29-18-6-5-17-14-27(12-9-16(17)13-18)22(28)15-7-10-26(11-8-15)23-25-21-19(24)3-2-4-20(21)30-23/h2-6,13,15H,7-12,14H2,1H3. The number of para-hydroxylation sites is 1. The van der Waals surface area contributed by atoms with Gasteiger partial charge < -0.3 is 14.5 Å². The molecule has 5 nitrogen and oxygen atoms in total. The van der Waals surface area contributed by atoms with Crippen LogP contribution in [-0.4, -0.2) is 42.5 Å². The van der Waals surface area contributed by atoms with Gasteiger partial charge in [0.15, 0.2) is 5.13 Å². The molecule has 30 heavy (non-hydrogen) atoms. The highest BCUT2D eigenvalue weighted by molar-refractivity contribution is 7.22. The van der Waals surface area contributed by atoms with Crippen molar-refractivity contribution < 1.29 is 13.9 Å². The van der Waals surface area contributed by atoms with E-state index < -0.39 is 0 Å². The van der Waals surface area contributed by atoms with E-state index in [0.717, 1.165) is 54.5 Å². The number of halogens is 1. The van der Waals surface area contributed by atoms with Crippen molar-refractivity contribution in [2.45, 2.75) is 25.8 Å². The van der Waals surface area contributed by atoms with Crippen molar-refractivity contribution in [3.05, 3.63) is 53.3 Å². The van der Waals surface area contributed by atoms with Crippen LogP contribution in [0.4, 0.5) is 9.52 Å². The number of thiazole rings is 1. The minimum atomic E-state index is -0.275. The van der Waals surface area contributed by atoms with E-state index in [0.29, 0.717) is 12.1 Å². The first kappa shape index (κ1) is 19.3. The van der Waals surface area contributed by atoms with Crippen molar-refractivity contribution in [3.8, 4) is 5.75 Å². The van der Waals surface area contributed by atoms with E-state index in [1.807, 2.05) is 17.0 Å². The van der Waals surface area contributed by atoms with Gasteiger partial charge in [-0.15, -0.1) is 0 Å². The molecule has 2 aromatic carbocycles. The van der Waals surface area contributed by atoms with Crippen molar-refractivity contribution in [1.82, 2.24) is 9.88 Å². The van der Waals surface area contributed by atoms with E-state index in [4.69, 9.17) is 4.74 Å². The number of benzene rings is 2. The Hall–Kier alpha value is -2.67. The second-order valence-electron chi connectivity index (χ2n) is 7.99. The molecule has 0 aliphatic carbocycles. The highest BCUT2D eigenvalue weighted by atomic mass is 32.1. The first-order valence-electron chi connectivity index (χ1n) is 10.4. The summed E-state index contributed by atoms with van der Waals surface area (Å²) in [6.07, 6.45) is 2.49. The molecular formula is C23H24FN3O2S. The Balaban J connectivity index is 1.23. The van der Waals surface area contributed by atoms with Gasteiger partial charge >= 0.3 is 0 Å². The quantitative estimate of drug-likeness (QED) is 0.630. The van der Waals surface area contributed by atoms with Crippen LogP contribution in [0.2, 0.25) is 0 Å². The second kappa shape index (κ2) is 7.87. The summed E-state index contributed by atoms with van der Waals surface area (Å²) < 4.78 is 20.1. The molecule has 7 heteroatoms. The Morgan fingerprint density at radius 2 is 2.00 bits per heavy atom. The highest BCUT2D eigenvalue weighted by Crippen LogP contribution is 2.33. The maximum Gasteiger partial charge on any atom is 0.226 e. The molecule has 0 atom stereocenters. The van der Waals surface area contributed by atoms with E-state index in [-0.39, 0.29) is 17.6 Å². The smallest absolute Gasteiger partial charge is 0.226 e. The Bertz CT molecular complexity index is 1090. The highest BCUT2D eigenvalue weighted by Gasteiger charge is 2.31. The zero-order valence-electron chi connectivity index (χ0n) is 16.9. The van der Waals surface area contributed by atoms with Crippen molar-refractivity contribution in [1.29, 1.82) is 0 Å². The molecule has 0 radical (unpaired) electrons. The summed E-state index contributed by atoms with van der Waals surface area (Å²) in [6.45, 7) is 2.99. The minimum absolute atomic E-state index is 0.0483. The van der Waals surface area contributed by atoms with Crippen molar-refractivity contribution in [2.75, 3.05) is 31.6 Å². The van der Waals surface area contributed by atoms with Gasteiger partial charge in [-0.2, -0.15) is 0 Å². The molecule has 0 unspecified atom stereocenters. The van der Waals surface area contributed by atoms with Gasteiger partial charge in [0.2, 0.25) is 5.91 Å². The predicted molar refractivity (Wildman–Crippen MR) is 117 cm³/mol. The van der Waals surface area contributed by atoms with Crippen LogP contribution in [0.15, 0.2) is 36.4 Å². The Kier molecular flexibility index (Phi) is 5.06. The van der Waals surface area contributed by atoms with Gasteiger partial charge in [-0.25, -0.2) is 9.37 Å². The molecule has 0 N–H and O–H groups in total. The topological polar surface area (TPSA) is 45.7 Å². The number of rotatable bonds is 3. The summed E-state index contributed by atoms with van der Waals surface area (Å²) in [5, 5.41) is 0.849. The van der Waals surface area contributed by atoms with Gasteiger partial charge in [-0.1, -0.05) is 23.5 Å². The Morgan fingerprint density at radius 3 is 2.77 bits per heavy atom. The molecule has 1 saturated heterocycles. The molecule has 2 aliphatic rings. The van der Waals surface area contributed by atoms with Crippen LogP contribution in [0.5, 0.6) is 5.75 Å². The van der Waals surface area contributed by atoms with Gasteiger partial charge in [-0.3, -0.25) is 4.79 Å². The fourth-order valence-corrected chi connectivity index (χ4v) is 5.49. The van der Waals surface area contributed by atoms with Crippen LogP contribution >= 0.6 is 11.3 Å². The van der Waals surface area contributed by atoms with Crippen molar-refractivity contribution in [2.24, 2.45) is 5.92 Å². The normalized spacial score (nSPS) is 17.3. The molecule has 1 aromatic heterocycles. The summed E-state index contributed by atoms with van der Waals surface area (Å²) in [5.41, 5.74) is 2.93. The van der Waals surface area contributed by atoms with E-state index in [9.17, 15) is 9.18 Å². The van der Waals surface area contributed by atoms with E-state index in [1.165, 1.54) is 28.5 Å². The number of hydrogen-bond donors (Lipinski definition) is 0. The fourth-order valence-electron chi connectivity index (χ4n) is 4.46. The molecule has 0 spiro atoms. The lowest BCUT2D eigenvalue weighted by molar-refractivity contribution is -0.137. The van der Waals surface area contributed by atoms with Crippen molar-refractivity contribution in [3.63, 3.8) is 0 Å². The number of carbonyl (C=O) groups excluding carboxylic acids is 1. The SMILES string of the molecule is COc1ccc2c(c1)CCN(C(=O)C1CCN(c3nc4c(F)cccc4s3)CC1)C2. The molecule has 156 valence electrons. The lowest BCUT2D eigenvalue weighted by atomic mass is 9.93. The summed E-state index contributed by atoms with van der Waals surface area (Å²) in [5.74, 6) is 0.900. The molecule has 1 amide bonds. The van der Waals surface area contributed by atoms with E-state index >= 15 is 0 Å². The van der Waals surface area contributed by atoms with E-state index in [1.54, 1.807) is 13.2 Å². The molecule has 5 rings (SSSR count). The number of fused-ring (bicyclic) bond motifs is 2. The number of hydrogen-bond acceptors (Lipinski definition) is 5. The van der Waals surface area contributed by atoms with Gasteiger partial charge in [0.1, 0.15) is 17.1 Å². The number of carbonyl (C=O) groups is 1. The lowest BCUT2D eigenvalue weighted by Crippen LogP contribution is -2.44. The summed E-state index contributed by atoms with van der Waals surface area (Å²) in [4.78, 5) is 21.8. The maximum absolute atomic E-state index is 14.0. The van der Waals surface area contributed by atoms with Crippen LogP contribution in [-0.2, 0) is 17.8 Å². The van der Waals surface area contributed by atoms with Crippen LogP contribution in [0.25, 0.3) is 10.2 Å². The summed E-state index contributed by atoms with van der Waals surface area (Å²) in [7, 11) is 1.68. The van der Waals surface area contributed by atoms with Gasteiger partial charge in [0.05, 0.1) is 11.8 Å². The van der Waals surface area contributed by atoms with Gasteiger partial charge in [0, 0.05) is 32.1 Å². The minimum Gasteiger partial charge on any atom is -0.497 e. The third kappa shape index (κ3) is 3.51. The predicted octanol–water partition coefficient (Wildman–Crippen LogP) is 4.25. The Labute approximate surface area is 179 Å². The largest absolute Gasteiger partial charge is 0.497 e. The lowest BCUT2D eigenvalue weighted by Gasteiger charge is -2.36.